The zero-order valence-corrected chi connectivity index (χ0v) is 27.5. The Bertz CT molecular complexity index is 3030. The second-order valence-corrected chi connectivity index (χ2v) is 13.3. The van der Waals surface area contributed by atoms with E-state index in [1.165, 1.54) is 33.0 Å². The first-order chi connectivity index (χ1) is 25.3. The smallest absolute Gasteiger partial charge is 0.235 e. The van der Waals surface area contributed by atoms with Gasteiger partial charge in [0.15, 0.2) is 0 Å². The highest BCUT2D eigenvalue weighted by Crippen LogP contribution is 2.51. The number of para-hydroxylation sites is 2. The molecule has 4 nitrogen and oxygen atoms in total. The van der Waals surface area contributed by atoms with Crippen LogP contribution < -0.4 is 4.74 Å². The lowest BCUT2D eigenvalue weighted by Gasteiger charge is -2.24. The molecule has 0 radical (unpaired) electrons. The Labute approximate surface area is 293 Å². The van der Waals surface area contributed by atoms with Crippen molar-refractivity contribution >= 4 is 54.3 Å². The van der Waals surface area contributed by atoms with Gasteiger partial charge >= 0.3 is 0 Å². The fourth-order valence-corrected chi connectivity index (χ4v) is 8.13. The quantitative estimate of drug-likeness (QED) is 0.191. The van der Waals surface area contributed by atoms with Crippen LogP contribution in [0.1, 0.15) is 5.56 Å². The van der Waals surface area contributed by atoms with E-state index in [1.54, 1.807) is 0 Å². The third-order valence-corrected chi connectivity index (χ3v) is 10.4. The van der Waals surface area contributed by atoms with Crippen molar-refractivity contribution in [3.05, 3.63) is 169 Å². The third kappa shape index (κ3) is 4.20. The van der Waals surface area contributed by atoms with Crippen molar-refractivity contribution in [2.45, 2.75) is 6.61 Å². The van der Waals surface area contributed by atoms with Crippen molar-refractivity contribution in [1.29, 1.82) is 0 Å². The average Bonchev–Trinajstić information content (AvgIpc) is 3.55. The minimum Gasteiger partial charge on any atom is -0.488 e. The van der Waals surface area contributed by atoms with E-state index in [9.17, 15) is 0 Å². The Morgan fingerprint density at radius 2 is 1.18 bits per heavy atom. The SMILES string of the molecule is c1ccc(-c2ccc3cc(-c4nc(-n5c6ccccc6c6c7c(c8ccccc8c65)OCc5ccccc5-7)nc5ccccc45)ccc3c2)cc1. The van der Waals surface area contributed by atoms with Gasteiger partial charge in [-0.05, 0) is 57.3 Å². The summed E-state index contributed by atoms with van der Waals surface area (Å²) < 4.78 is 8.87. The van der Waals surface area contributed by atoms with Crippen LogP contribution >= 0.6 is 0 Å². The van der Waals surface area contributed by atoms with Gasteiger partial charge in [0.05, 0.1) is 22.2 Å². The Morgan fingerprint density at radius 3 is 2.04 bits per heavy atom. The number of rotatable bonds is 3. The van der Waals surface area contributed by atoms with Gasteiger partial charge in [0.25, 0.3) is 0 Å². The van der Waals surface area contributed by atoms with E-state index in [0.717, 1.165) is 66.1 Å². The van der Waals surface area contributed by atoms with Gasteiger partial charge in [-0.25, -0.2) is 9.97 Å². The molecule has 0 amide bonds. The molecule has 0 aliphatic carbocycles. The van der Waals surface area contributed by atoms with Gasteiger partial charge in [0.2, 0.25) is 5.95 Å². The predicted molar refractivity (Wildman–Crippen MR) is 210 cm³/mol. The summed E-state index contributed by atoms with van der Waals surface area (Å²) in [6.07, 6.45) is 0. The van der Waals surface area contributed by atoms with Gasteiger partial charge in [-0.2, -0.15) is 0 Å². The Kier molecular flexibility index (Phi) is 5.98. The van der Waals surface area contributed by atoms with E-state index in [4.69, 9.17) is 14.7 Å². The minimum absolute atomic E-state index is 0.549. The first kappa shape index (κ1) is 28.1. The Balaban J connectivity index is 1.21. The normalized spacial score (nSPS) is 12.4. The second-order valence-electron chi connectivity index (χ2n) is 13.3. The number of ether oxygens (including phenoxy) is 1. The molecule has 3 heterocycles. The number of fused-ring (bicyclic) bond motifs is 12. The molecule has 0 saturated heterocycles. The summed E-state index contributed by atoms with van der Waals surface area (Å²) in [5, 5.41) is 7.89. The molecule has 1 aliphatic heterocycles. The molecule has 0 atom stereocenters. The van der Waals surface area contributed by atoms with Crippen molar-refractivity contribution in [2.24, 2.45) is 0 Å². The number of hydrogen-bond donors (Lipinski definition) is 0. The molecule has 2 aromatic heterocycles. The highest BCUT2D eigenvalue weighted by molar-refractivity contribution is 6.26. The van der Waals surface area contributed by atoms with Crippen LogP contribution in [0.4, 0.5) is 0 Å². The first-order valence-corrected chi connectivity index (χ1v) is 17.4. The van der Waals surface area contributed by atoms with Crippen LogP contribution in [0.3, 0.4) is 0 Å². The minimum atomic E-state index is 0.549. The molecule has 0 unspecified atom stereocenters. The number of benzene rings is 8. The second kappa shape index (κ2) is 10.9. The molecular weight excluding hydrogens is 623 g/mol. The van der Waals surface area contributed by atoms with Crippen molar-refractivity contribution in [1.82, 2.24) is 14.5 Å². The van der Waals surface area contributed by atoms with Crippen molar-refractivity contribution in [3.63, 3.8) is 0 Å². The Morgan fingerprint density at radius 1 is 0.510 bits per heavy atom. The summed E-state index contributed by atoms with van der Waals surface area (Å²) in [6, 6.07) is 58.1. The lowest BCUT2D eigenvalue weighted by molar-refractivity contribution is 0.306. The average molecular weight is 652 g/mol. The molecule has 0 spiro atoms. The third-order valence-electron chi connectivity index (χ3n) is 10.4. The maximum Gasteiger partial charge on any atom is 0.235 e. The largest absolute Gasteiger partial charge is 0.488 e. The molecule has 0 fully saturated rings. The monoisotopic (exact) mass is 651 g/mol. The topological polar surface area (TPSA) is 39.9 Å². The Hall–Kier alpha value is -6.78. The first-order valence-electron chi connectivity index (χ1n) is 17.4. The summed E-state index contributed by atoms with van der Waals surface area (Å²) in [6.45, 7) is 0.549. The van der Waals surface area contributed by atoms with Crippen LogP contribution in [-0.4, -0.2) is 14.5 Å². The molecule has 1 aliphatic rings. The van der Waals surface area contributed by atoms with Gasteiger partial charge in [-0.15, -0.1) is 0 Å². The van der Waals surface area contributed by atoms with E-state index < -0.39 is 0 Å². The highest BCUT2D eigenvalue weighted by atomic mass is 16.5. The van der Waals surface area contributed by atoms with E-state index >= 15 is 0 Å². The van der Waals surface area contributed by atoms with Gasteiger partial charge in [0, 0.05) is 38.1 Å². The van der Waals surface area contributed by atoms with Gasteiger partial charge in [-0.1, -0.05) is 140 Å². The maximum absolute atomic E-state index is 6.60. The van der Waals surface area contributed by atoms with Crippen LogP contribution in [-0.2, 0) is 6.61 Å². The van der Waals surface area contributed by atoms with Crippen molar-refractivity contribution in [3.8, 4) is 45.2 Å². The summed E-state index contributed by atoms with van der Waals surface area (Å²) >= 11 is 0. The highest BCUT2D eigenvalue weighted by Gasteiger charge is 2.28. The van der Waals surface area contributed by atoms with Crippen LogP contribution in [0.25, 0.3) is 93.7 Å². The maximum atomic E-state index is 6.60. The molecule has 0 N–H and O–H groups in total. The molecule has 0 bridgehead atoms. The summed E-state index contributed by atoms with van der Waals surface area (Å²) in [7, 11) is 0. The van der Waals surface area contributed by atoms with Gasteiger partial charge in [-0.3, -0.25) is 4.57 Å². The zero-order valence-electron chi connectivity index (χ0n) is 27.5. The molecule has 10 aromatic rings. The van der Waals surface area contributed by atoms with E-state index in [0.29, 0.717) is 12.6 Å². The summed E-state index contributed by atoms with van der Waals surface area (Å²) in [5.74, 6) is 1.58. The predicted octanol–water partition coefficient (Wildman–Crippen LogP) is 11.9. The molecule has 51 heavy (non-hydrogen) atoms. The summed E-state index contributed by atoms with van der Waals surface area (Å²) in [4.78, 5) is 10.8. The molecule has 0 saturated carbocycles. The molecule has 11 rings (SSSR count). The lowest BCUT2D eigenvalue weighted by atomic mass is 9.90. The van der Waals surface area contributed by atoms with E-state index in [-0.39, 0.29) is 0 Å². The van der Waals surface area contributed by atoms with E-state index in [2.05, 4.69) is 168 Å². The summed E-state index contributed by atoms with van der Waals surface area (Å²) in [5.41, 5.74) is 11.0. The molecule has 4 heteroatoms. The number of nitrogens with zero attached hydrogens (tertiary/aromatic N) is 3. The van der Waals surface area contributed by atoms with Crippen LogP contribution in [0.5, 0.6) is 5.75 Å². The van der Waals surface area contributed by atoms with Gasteiger partial charge in [0.1, 0.15) is 12.4 Å². The molecular formula is C47H29N3O. The lowest BCUT2D eigenvalue weighted by Crippen LogP contribution is -2.07. The van der Waals surface area contributed by atoms with Crippen LogP contribution in [0.15, 0.2) is 164 Å². The fraction of sp³-hybridized carbons (Fsp3) is 0.0213. The molecule has 238 valence electrons. The van der Waals surface area contributed by atoms with Crippen molar-refractivity contribution in [2.75, 3.05) is 0 Å². The standard InChI is InChI=1S/C47H29N3O/c1-2-12-29(13-3-1)30-22-23-32-27-33(25-24-31(32)26-30)44-38-18-8-10-20-40(38)48-47(49-44)50-41-21-11-9-19-39(41)42-43-35-15-5-4-14-34(35)28-51-46(43)37-17-7-6-16-36(37)45(42)50/h1-27H,28H2. The fourth-order valence-electron chi connectivity index (χ4n) is 8.13. The van der Waals surface area contributed by atoms with Crippen LogP contribution in [0.2, 0.25) is 0 Å². The van der Waals surface area contributed by atoms with Gasteiger partial charge < -0.3 is 4.74 Å². The molecule has 8 aromatic carbocycles. The zero-order chi connectivity index (χ0) is 33.5. The van der Waals surface area contributed by atoms with Crippen LogP contribution in [0, 0.1) is 0 Å². The van der Waals surface area contributed by atoms with E-state index in [1.807, 2.05) is 0 Å². The number of aromatic nitrogens is 3. The van der Waals surface area contributed by atoms with Crippen molar-refractivity contribution < 1.29 is 4.74 Å². The number of hydrogen-bond acceptors (Lipinski definition) is 3.